The summed E-state index contributed by atoms with van der Waals surface area (Å²) in [6.07, 6.45) is 4.23. The quantitative estimate of drug-likeness (QED) is 0.419. The molecule has 3 aromatic heterocycles. The Bertz CT molecular complexity index is 1110. The second kappa shape index (κ2) is 9.96. The number of nitrogens with zero attached hydrogens (tertiary/aromatic N) is 3. The molecule has 1 aromatic carbocycles. The number of ketones is 1. The number of halogens is 1. The first-order valence-electron chi connectivity index (χ1n) is 9.40. The molecule has 0 fully saturated rings. The molecule has 30 heavy (non-hydrogen) atoms. The van der Waals surface area contributed by atoms with Crippen LogP contribution in [0.4, 0.5) is 0 Å². The van der Waals surface area contributed by atoms with Gasteiger partial charge in [-0.1, -0.05) is 18.2 Å². The van der Waals surface area contributed by atoms with Crippen molar-refractivity contribution in [2.45, 2.75) is 26.0 Å². The van der Waals surface area contributed by atoms with Gasteiger partial charge in [0, 0.05) is 41.9 Å². The monoisotopic (exact) mass is 423 g/mol. The molecule has 0 saturated heterocycles. The van der Waals surface area contributed by atoms with E-state index >= 15 is 0 Å². The van der Waals surface area contributed by atoms with E-state index in [1.807, 2.05) is 42.5 Å². The molecule has 0 unspecified atom stereocenters. The van der Waals surface area contributed by atoms with Gasteiger partial charge in [-0.2, -0.15) is 0 Å². The Morgan fingerprint density at radius 2 is 1.97 bits per heavy atom. The third kappa shape index (κ3) is 5.20. The number of pyridine rings is 1. The molecule has 4 aromatic rings. The van der Waals surface area contributed by atoms with Crippen LogP contribution >= 0.6 is 12.4 Å². The summed E-state index contributed by atoms with van der Waals surface area (Å²) in [5, 5.41) is 1.05. The van der Waals surface area contributed by atoms with Gasteiger partial charge in [0.25, 0.3) is 0 Å². The van der Waals surface area contributed by atoms with Gasteiger partial charge in [-0.25, -0.2) is 15.0 Å². The highest BCUT2D eigenvalue weighted by molar-refractivity contribution is 5.96. The SMILES string of the molecule is Cl.NCc1cc(OCc2cccc(C(=O)CCc3cc4cccnc4[nH]3)c2)ncn1. The van der Waals surface area contributed by atoms with Gasteiger partial charge in [0.1, 0.15) is 18.6 Å². The van der Waals surface area contributed by atoms with E-state index in [1.165, 1.54) is 6.33 Å². The van der Waals surface area contributed by atoms with Crippen LogP contribution in [0.5, 0.6) is 5.88 Å². The van der Waals surface area contributed by atoms with E-state index in [1.54, 1.807) is 12.3 Å². The number of benzene rings is 1. The fourth-order valence-electron chi connectivity index (χ4n) is 3.10. The van der Waals surface area contributed by atoms with Gasteiger partial charge >= 0.3 is 0 Å². The summed E-state index contributed by atoms with van der Waals surface area (Å²) in [6, 6.07) is 15.1. The molecular formula is C22H22ClN5O2. The Morgan fingerprint density at radius 1 is 1.07 bits per heavy atom. The molecule has 0 atom stereocenters. The number of carbonyl (C=O) groups is 1. The molecule has 0 aliphatic rings. The van der Waals surface area contributed by atoms with Gasteiger partial charge in [-0.05, 0) is 36.2 Å². The lowest BCUT2D eigenvalue weighted by Crippen LogP contribution is -2.05. The number of nitrogens with two attached hydrogens (primary N) is 1. The highest BCUT2D eigenvalue weighted by Gasteiger charge is 2.09. The van der Waals surface area contributed by atoms with Crippen molar-refractivity contribution < 1.29 is 9.53 Å². The van der Waals surface area contributed by atoms with Gasteiger partial charge in [0.15, 0.2) is 5.78 Å². The molecule has 3 N–H and O–H groups in total. The van der Waals surface area contributed by atoms with Crippen LogP contribution in [0.15, 0.2) is 61.1 Å². The van der Waals surface area contributed by atoms with Crippen LogP contribution in [0, 0.1) is 0 Å². The molecule has 0 bridgehead atoms. The van der Waals surface area contributed by atoms with Gasteiger partial charge < -0.3 is 15.5 Å². The number of aromatic amines is 1. The number of Topliss-reactive ketones (excluding diaryl/α,β-unsaturated/α-hetero) is 1. The predicted molar refractivity (Wildman–Crippen MR) is 117 cm³/mol. The maximum Gasteiger partial charge on any atom is 0.216 e. The van der Waals surface area contributed by atoms with Crippen molar-refractivity contribution in [2.24, 2.45) is 5.73 Å². The standard InChI is InChI=1S/C22H21N5O2.ClH/c23-12-19-11-21(26-14-25-19)29-13-15-3-1-4-16(9-15)20(28)7-6-18-10-17-5-2-8-24-22(17)27-18;/h1-5,8-11,14H,6-7,12-13,23H2,(H,24,27);1H. The second-order valence-electron chi connectivity index (χ2n) is 6.70. The van der Waals surface area contributed by atoms with E-state index in [0.29, 0.717) is 43.1 Å². The number of aryl methyl sites for hydroxylation is 1. The molecule has 0 saturated carbocycles. The molecule has 0 aliphatic heterocycles. The Labute approximate surface area is 180 Å². The van der Waals surface area contributed by atoms with Crippen molar-refractivity contribution in [3.05, 3.63) is 83.6 Å². The van der Waals surface area contributed by atoms with E-state index in [9.17, 15) is 4.79 Å². The maximum atomic E-state index is 12.6. The van der Waals surface area contributed by atoms with E-state index in [0.717, 1.165) is 22.3 Å². The zero-order valence-electron chi connectivity index (χ0n) is 16.2. The van der Waals surface area contributed by atoms with Gasteiger partial charge in [0.2, 0.25) is 5.88 Å². The Kier molecular flexibility index (Phi) is 7.11. The fraction of sp³-hybridized carbons (Fsp3) is 0.182. The third-order valence-corrected chi connectivity index (χ3v) is 4.61. The lowest BCUT2D eigenvalue weighted by atomic mass is 10.0. The molecule has 0 radical (unpaired) electrons. The van der Waals surface area contributed by atoms with Crippen LogP contribution in [-0.2, 0) is 19.6 Å². The van der Waals surface area contributed by atoms with Gasteiger partial charge in [-0.3, -0.25) is 4.79 Å². The van der Waals surface area contributed by atoms with Crippen LogP contribution in [0.2, 0.25) is 0 Å². The first-order valence-corrected chi connectivity index (χ1v) is 9.40. The van der Waals surface area contributed by atoms with E-state index in [4.69, 9.17) is 10.5 Å². The van der Waals surface area contributed by atoms with Crippen molar-refractivity contribution >= 4 is 29.2 Å². The molecule has 0 amide bonds. The van der Waals surface area contributed by atoms with Crippen LogP contribution in [0.1, 0.15) is 33.7 Å². The van der Waals surface area contributed by atoms with E-state index in [-0.39, 0.29) is 18.2 Å². The highest BCUT2D eigenvalue weighted by Crippen LogP contribution is 2.16. The normalized spacial score (nSPS) is 10.6. The number of H-pyrrole nitrogens is 1. The Hall–Kier alpha value is -3.29. The zero-order chi connectivity index (χ0) is 20.1. The minimum atomic E-state index is 0. The number of hydrogen-bond acceptors (Lipinski definition) is 6. The molecule has 0 spiro atoms. The molecule has 0 aliphatic carbocycles. The summed E-state index contributed by atoms with van der Waals surface area (Å²) in [5.74, 6) is 0.551. The number of ether oxygens (including phenoxy) is 1. The summed E-state index contributed by atoms with van der Waals surface area (Å²) in [7, 11) is 0. The fourth-order valence-corrected chi connectivity index (χ4v) is 3.10. The molecule has 3 heterocycles. The first-order chi connectivity index (χ1) is 14.2. The van der Waals surface area contributed by atoms with Crippen LogP contribution in [-0.4, -0.2) is 25.7 Å². The third-order valence-electron chi connectivity index (χ3n) is 4.61. The topological polar surface area (TPSA) is 107 Å². The first kappa shape index (κ1) is 21.4. The lowest BCUT2D eigenvalue weighted by molar-refractivity contribution is 0.0982. The average molecular weight is 424 g/mol. The van der Waals surface area contributed by atoms with Gasteiger partial charge in [-0.15, -0.1) is 12.4 Å². The molecule has 7 nitrogen and oxygen atoms in total. The maximum absolute atomic E-state index is 12.6. The number of rotatable bonds is 8. The summed E-state index contributed by atoms with van der Waals surface area (Å²) < 4.78 is 5.70. The molecule has 154 valence electrons. The number of fused-ring (bicyclic) bond motifs is 1. The molecule has 8 heteroatoms. The van der Waals surface area contributed by atoms with E-state index in [2.05, 4.69) is 19.9 Å². The Morgan fingerprint density at radius 3 is 2.80 bits per heavy atom. The smallest absolute Gasteiger partial charge is 0.216 e. The van der Waals surface area contributed by atoms with Crippen molar-refractivity contribution in [2.75, 3.05) is 0 Å². The zero-order valence-corrected chi connectivity index (χ0v) is 17.1. The van der Waals surface area contributed by atoms with Crippen molar-refractivity contribution in [3.8, 4) is 5.88 Å². The summed E-state index contributed by atoms with van der Waals surface area (Å²) in [5.41, 5.74) is 9.72. The predicted octanol–water partition coefficient (Wildman–Crippen LogP) is 3.63. The number of aromatic nitrogens is 4. The van der Waals surface area contributed by atoms with Crippen molar-refractivity contribution in [3.63, 3.8) is 0 Å². The van der Waals surface area contributed by atoms with Gasteiger partial charge in [0.05, 0.1) is 5.69 Å². The minimum absolute atomic E-state index is 0. The van der Waals surface area contributed by atoms with Crippen LogP contribution in [0.25, 0.3) is 11.0 Å². The number of nitrogens with one attached hydrogen (secondary N) is 1. The average Bonchev–Trinajstić information content (AvgIpc) is 3.19. The van der Waals surface area contributed by atoms with Crippen molar-refractivity contribution in [1.82, 2.24) is 19.9 Å². The van der Waals surface area contributed by atoms with E-state index < -0.39 is 0 Å². The van der Waals surface area contributed by atoms with Crippen molar-refractivity contribution in [1.29, 1.82) is 0 Å². The second-order valence-corrected chi connectivity index (χ2v) is 6.70. The summed E-state index contributed by atoms with van der Waals surface area (Å²) in [6.45, 7) is 0.644. The summed E-state index contributed by atoms with van der Waals surface area (Å²) in [4.78, 5) is 28.3. The largest absolute Gasteiger partial charge is 0.473 e. The number of carbonyl (C=O) groups excluding carboxylic acids is 1. The summed E-state index contributed by atoms with van der Waals surface area (Å²) >= 11 is 0. The van der Waals surface area contributed by atoms with Crippen LogP contribution < -0.4 is 10.5 Å². The number of hydrogen-bond donors (Lipinski definition) is 2. The van der Waals surface area contributed by atoms with Crippen LogP contribution in [0.3, 0.4) is 0 Å². The highest BCUT2D eigenvalue weighted by atomic mass is 35.5. The lowest BCUT2D eigenvalue weighted by Gasteiger charge is -2.07. The molecule has 4 rings (SSSR count). The molecular weight excluding hydrogens is 402 g/mol. The minimum Gasteiger partial charge on any atom is -0.473 e. The Balaban J connectivity index is 0.00000256.